The van der Waals surface area contributed by atoms with Gasteiger partial charge >= 0.3 is 0 Å². The average Bonchev–Trinajstić information content (AvgIpc) is 2.43. The van der Waals surface area contributed by atoms with Crippen molar-refractivity contribution < 1.29 is 5.11 Å². The Morgan fingerprint density at radius 2 is 1.81 bits per heavy atom. The normalized spacial score (nSPS) is 16.1. The maximum Gasteiger partial charge on any atom is 0.0869 e. The lowest BCUT2D eigenvalue weighted by Gasteiger charge is -2.29. The van der Waals surface area contributed by atoms with Crippen molar-refractivity contribution in [2.75, 3.05) is 27.2 Å². The van der Waals surface area contributed by atoms with Gasteiger partial charge in [0.1, 0.15) is 0 Å². The van der Waals surface area contributed by atoms with Gasteiger partial charge in [0, 0.05) is 19.1 Å². The van der Waals surface area contributed by atoms with E-state index in [9.17, 15) is 5.11 Å². The minimum atomic E-state index is -0.734. The Hall–Kier alpha value is -1.42. The lowest BCUT2D eigenvalue weighted by Crippen LogP contribution is -2.46. The van der Waals surface area contributed by atoms with Crippen LogP contribution in [0.1, 0.15) is 25.5 Å². The van der Waals surface area contributed by atoms with Crippen molar-refractivity contribution in [3.63, 3.8) is 0 Å². The lowest BCUT2D eigenvalue weighted by atomic mass is 9.98. The van der Waals surface area contributed by atoms with Gasteiger partial charge in [-0.2, -0.15) is 0 Å². The molecule has 2 N–H and O–H groups in total. The van der Waals surface area contributed by atoms with Gasteiger partial charge in [0.15, 0.2) is 0 Å². The second-order valence-electron chi connectivity index (χ2n) is 6.41. The summed E-state index contributed by atoms with van der Waals surface area (Å²) in [7, 11) is 3.95. The first-order valence-corrected chi connectivity index (χ1v) is 7.47. The molecular formula is C18H26N2O. The van der Waals surface area contributed by atoms with Gasteiger partial charge < -0.3 is 15.3 Å². The molecule has 21 heavy (non-hydrogen) atoms. The number of hydrogen-bond acceptors (Lipinski definition) is 3. The van der Waals surface area contributed by atoms with Crippen molar-refractivity contribution in [2.24, 2.45) is 0 Å². The monoisotopic (exact) mass is 286 g/mol. The van der Waals surface area contributed by atoms with Crippen molar-refractivity contribution in [1.29, 1.82) is 0 Å². The van der Waals surface area contributed by atoms with Gasteiger partial charge in [-0.3, -0.25) is 0 Å². The molecule has 2 unspecified atom stereocenters. The molecule has 0 bridgehead atoms. The quantitative estimate of drug-likeness (QED) is 0.857. The fourth-order valence-electron chi connectivity index (χ4n) is 2.85. The number of likely N-dealkylation sites (N-methyl/N-ethyl adjacent to an activating group) is 1. The molecule has 3 heteroatoms. The van der Waals surface area contributed by atoms with Crippen LogP contribution in [0.3, 0.4) is 0 Å². The summed E-state index contributed by atoms with van der Waals surface area (Å²) in [5, 5.41) is 16.4. The molecule has 0 aromatic heterocycles. The van der Waals surface area contributed by atoms with Crippen molar-refractivity contribution in [2.45, 2.75) is 25.5 Å². The van der Waals surface area contributed by atoms with Gasteiger partial charge in [-0.25, -0.2) is 0 Å². The van der Waals surface area contributed by atoms with Crippen LogP contribution in [-0.4, -0.2) is 42.8 Å². The van der Waals surface area contributed by atoms with E-state index in [1.807, 2.05) is 25.9 Å². The predicted octanol–water partition coefficient (Wildman–Crippen LogP) is 2.80. The molecule has 0 saturated heterocycles. The summed E-state index contributed by atoms with van der Waals surface area (Å²) in [5.41, 5.74) is 0.538. The van der Waals surface area contributed by atoms with E-state index in [4.69, 9.17) is 0 Å². The minimum absolute atomic E-state index is 0.199. The molecule has 3 nitrogen and oxygen atoms in total. The van der Waals surface area contributed by atoms with E-state index in [0.717, 1.165) is 0 Å². The summed E-state index contributed by atoms with van der Waals surface area (Å²) in [6.45, 7) is 5.22. The molecule has 2 aromatic rings. The van der Waals surface area contributed by atoms with E-state index in [1.165, 1.54) is 16.3 Å². The van der Waals surface area contributed by atoms with Crippen LogP contribution in [0, 0.1) is 0 Å². The van der Waals surface area contributed by atoms with Crippen LogP contribution in [0.15, 0.2) is 42.5 Å². The maximum absolute atomic E-state index is 10.4. The molecule has 0 amide bonds. The van der Waals surface area contributed by atoms with E-state index in [0.29, 0.717) is 13.1 Å². The first-order chi connectivity index (χ1) is 9.89. The zero-order valence-corrected chi connectivity index (χ0v) is 13.4. The molecule has 0 aliphatic heterocycles. The first-order valence-electron chi connectivity index (χ1n) is 7.47. The molecular weight excluding hydrogens is 260 g/mol. The van der Waals surface area contributed by atoms with E-state index >= 15 is 0 Å². The van der Waals surface area contributed by atoms with Gasteiger partial charge in [0.2, 0.25) is 0 Å². The van der Waals surface area contributed by atoms with E-state index < -0.39 is 5.60 Å². The Morgan fingerprint density at radius 1 is 1.14 bits per heavy atom. The van der Waals surface area contributed by atoms with Crippen LogP contribution in [0.5, 0.6) is 0 Å². The van der Waals surface area contributed by atoms with Gasteiger partial charge in [-0.15, -0.1) is 0 Å². The van der Waals surface area contributed by atoms with Crippen molar-refractivity contribution in [3.8, 4) is 0 Å². The third-order valence-corrected chi connectivity index (χ3v) is 3.74. The van der Waals surface area contributed by atoms with Crippen molar-refractivity contribution in [3.05, 3.63) is 48.0 Å². The molecule has 114 valence electrons. The number of nitrogens with one attached hydrogen (secondary N) is 1. The highest BCUT2D eigenvalue weighted by atomic mass is 16.3. The fourth-order valence-corrected chi connectivity index (χ4v) is 2.85. The average molecular weight is 286 g/mol. The highest BCUT2D eigenvalue weighted by molar-refractivity contribution is 5.86. The molecule has 0 radical (unpaired) electrons. The van der Waals surface area contributed by atoms with Crippen LogP contribution in [0.4, 0.5) is 0 Å². The van der Waals surface area contributed by atoms with Crippen molar-refractivity contribution in [1.82, 2.24) is 10.2 Å². The van der Waals surface area contributed by atoms with Gasteiger partial charge in [-0.1, -0.05) is 42.5 Å². The summed E-state index contributed by atoms with van der Waals surface area (Å²) in [5.74, 6) is 0. The Balaban J connectivity index is 2.11. The third kappa shape index (κ3) is 4.27. The number of hydrogen-bond donors (Lipinski definition) is 2. The lowest BCUT2D eigenvalue weighted by molar-refractivity contribution is 0.0318. The van der Waals surface area contributed by atoms with E-state index in [-0.39, 0.29) is 6.04 Å². The standard InChI is InChI=1S/C18H26N2O/c1-14(19-12-18(2,21)13-20(3)4)16-11-7-9-15-8-5-6-10-17(15)16/h5-11,14,19,21H,12-13H2,1-4H3. The van der Waals surface area contributed by atoms with Crippen LogP contribution in [0.2, 0.25) is 0 Å². The molecule has 0 aliphatic carbocycles. The number of fused-ring (bicyclic) bond motifs is 1. The largest absolute Gasteiger partial charge is 0.388 e. The van der Waals surface area contributed by atoms with Crippen LogP contribution >= 0.6 is 0 Å². The van der Waals surface area contributed by atoms with Crippen LogP contribution < -0.4 is 5.32 Å². The molecule has 0 fully saturated rings. The molecule has 0 saturated carbocycles. The second kappa shape index (κ2) is 6.56. The molecule has 2 aromatic carbocycles. The highest BCUT2D eigenvalue weighted by Crippen LogP contribution is 2.24. The molecule has 0 aliphatic rings. The van der Waals surface area contributed by atoms with Crippen LogP contribution in [-0.2, 0) is 0 Å². The second-order valence-corrected chi connectivity index (χ2v) is 6.41. The number of aliphatic hydroxyl groups is 1. The number of benzene rings is 2. The topological polar surface area (TPSA) is 35.5 Å². The summed E-state index contributed by atoms with van der Waals surface area (Å²) >= 11 is 0. The van der Waals surface area contributed by atoms with Gasteiger partial charge in [-0.05, 0) is 44.3 Å². The molecule has 0 heterocycles. The zero-order valence-electron chi connectivity index (χ0n) is 13.4. The van der Waals surface area contributed by atoms with Crippen LogP contribution in [0.25, 0.3) is 10.8 Å². The Kier molecular flexibility index (Phi) is 4.99. The molecule has 2 atom stereocenters. The summed E-state index contributed by atoms with van der Waals surface area (Å²) in [6.07, 6.45) is 0. The number of rotatable bonds is 6. The summed E-state index contributed by atoms with van der Waals surface area (Å²) < 4.78 is 0. The summed E-state index contributed by atoms with van der Waals surface area (Å²) in [4.78, 5) is 2.00. The maximum atomic E-state index is 10.4. The number of nitrogens with zero attached hydrogens (tertiary/aromatic N) is 1. The Labute approximate surface area is 127 Å². The smallest absolute Gasteiger partial charge is 0.0869 e. The van der Waals surface area contributed by atoms with Crippen molar-refractivity contribution >= 4 is 10.8 Å². The highest BCUT2D eigenvalue weighted by Gasteiger charge is 2.22. The van der Waals surface area contributed by atoms with Gasteiger partial charge in [0.25, 0.3) is 0 Å². The fraction of sp³-hybridized carbons (Fsp3) is 0.444. The zero-order chi connectivity index (χ0) is 15.5. The van der Waals surface area contributed by atoms with Gasteiger partial charge in [0.05, 0.1) is 5.60 Å². The predicted molar refractivity (Wildman–Crippen MR) is 89.5 cm³/mol. The molecule has 2 rings (SSSR count). The summed E-state index contributed by atoms with van der Waals surface area (Å²) in [6, 6.07) is 15.0. The Bertz CT molecular complexity index is 587. The first kappa shape index (κ1) is 16.0. The SMILES string of the molecule is CC(NCC(C)(O)CN(C)C)c1cccc2ccccc12. The third-order valence-electron chi connectivity index (χ3n) is 3.74. The van der Waals surface area contributed by atoms with E-state index in [1.54, 1.807) is 0 Å². The Morgan fingerprint density at radius 3 is 2.52 bits per heavy atom. The minimum Gasteiger partial charge on any atom is -0.388 e. The van der Waals surface area contributed by atoms with E-state index in [2.05, 4.69) is 54.7 Å². The molecule has 0 spiro atoms.